The molecule has 0 amide bonds. The molecule has 0 fully saturated rings. The fraction of sp³-hybridized carbons (Fsp3) is 0.250. The van der Waals surface area contributed by atoms with Crippen LogP contribution in [0.5, 0.6) is 0 Å². The molecule has 2 aromatic carbocycles. The molecule has 0 bridgehead atoms. The number of halogens is 1. The second-order valence-corrected chi connectivity index (χ2v) is 3.83. The smallest absolute Gasteiger partial charge is 0.123 e. The number of benzene rings is 2. The molecular formula is C16H19F. The number of rotatable bonds is 1. The summed E-state index contributed by atoms with van der Waals surface area (Å²) in [5.41, 5.74) is 4.70. The van der Waals surface area contributed by atoms with Crippen molar-refractivity contribution in [1.82, 2.24) is 0 Å². The maximum Gasteiger partial charge on any atom is 0.123 e. The normalized spacial score (nSPS) is 9.47. The van der Waals surface area contributed by atoms with Crippen molar-refractivity contribution in [3.63, 3.8) is 0 Å². The number of aryl methyl sites for hydroxylation is 2. The van der Waals surface area contributed by atoms with Gasteiger partial charge in [0.25, 0.3) is 0 Å². The molecule has 0 spiro atoms. The Balaban J connectivity index is 0.000000686. The van der Waals surface area contributed by atoms with E-state index in [-0.39, 0.29) is 5.82 Å². The van der Waals surface area contributed by atoms with Gasteiger partial charge in [-0.3, -0.25) is 0 Å². The molecule has 0 aliphatic carbocycles. The van der Waals surface area contributed by atoms with Crippen molar-refractivity contribution in [3.8, 4) is 11.1 Å². The van der Waals surface area contributed by atoms with Crippen molar-refractivity contribution in [3.05, 3.63) is 59.4 Å². The van der Waals surface area contributed by atoms with Gasteiger partial charge in [0.05, 0.1) is 0 Å². The van der Waals surface area contributed by atoms with E-state index in [4.69, 9.17) is 0 Å². The van der Waals surface area contributed by atoms with Gasteiger partial charge in [-0.2, -0.15) is 0 Å². The minimum Gasteiger partial charge on any atom is -0.207 e. The highest BCUT2D eigenvalue weighted by Crippen LogP contribution is 2.24. The van der Waals surface area contributed by atoms with E-state index in [1.165, 1.54) is 28.8 Å². The highest BCUT2D eigenvalue weighted by atomic mass is 19.1. The van der Waals surface area contributed by atoms with Crippen LogP contribution in [-0.4, -0.2) is 0 Å². The second-order valence-electron chi connectivity index (χ2n) is 3.83. The Hall–Kier alpha value is -1.63. The second kappa shape index (κ2) is 6.19. The molecule has 2 rings (SSSR count). The van der Waals surface area contributed by atoms with Crippen molar-refractivity contribution in [2.45, 2.75) is 27.7 Å². The van der Waals surface area contributed by atoms with Gasteiger partial charge in [0.1, 0.15) is 5.82 Å². The zero-order valence-corrected chi connectivity index (χ0v) is 10.9. The van der Waals surface area contributed by atoms with Crippen LogP contribution in [0.15, 0.2) is 42.5 Å². The quantitative estimate of drug-likeness (QED) is 0.636. The fourth-order valence-electron chi connectivity index (χ4n) is 1.77. The molecule has 0 N–H and O–H groups in total. The summed E-state index contributed by atoms with van der Waals surface area (Å²) in [5.74, 6) is -0.191. The Morgan fingerprint density at radius 3 is 1.94 bits per heavy atom. The van der Waals surface area contributed by atoms with E-state index in [9.17, 15) is 4.39 Å². The minimum absolute atomic E-state index is 0.191. The van der Waals surface area contributed by atoms with E-state index in [2.05, 4.69) is 32.0 Å². The molecule has 0 nitrogen and oxygen atoms in total. The highest BCUT2D eigenvalue weighted by Gasteiger charge is 2.01. The van der Waals surface area contributed by atoms with Gasteiger partial charge >= 0.3 is 0 Å². The van der Waals surface area contributed by atoms with Crippen LogP contribution in [0.3, 0.4) is 0 Å². The van der Waals surface area contributed by atoms with Gasteiger partial charge in [-0.05, 0) is 42.7 Å². The number of hydrogen-bond donors (Lipinski definition) is 0. The predicted molar refractivity (Wildman–Crippen MR) is 72.7 cm³/mol. The molecule has 0 heterocycles. The van der Waals surface area contributed by atoms with E-state index < -0.39 is 0 Å². The Morgan fingerprint density at radius 1 is 0.824 bits per heavy atom. The minimum atomic E-state index is -0.191. The summed E-state index contributed by atoms with van der Waals surface area (Å²) >= 11 is 0. The Labute approximate surface area is 103 Å². The first-order valence-electron chi connectivity index (χ1n) is 6.00. The van der Waals surface area contributed by atoms with Crippen LogP contribution in [0, 0.1) is 19.7 Å². The van der Waals surface area contributed by atoms with Gasteiger partial charge in [0.2, 0.25) is 0 Å². The average Bonchev–Trinajstić information content (AvgIpc) is 2.33. The van der Waals surface area contributed by atoms with Gasteiger partial charge < -0.3 is 0 Å². The topological polar surface area (TPSA) is 0 Å². The fourth-order valence-corrected chi connectivity index (χ4v) is 1.77. The molecule has 0 saturated carbocycles. The lowest BCUT2D eigenvalue weighted by molar-refractivity contribution is 0.628. The summed E-state index contributed by atoms with van der Waals surface area (Å²) in [7, 11) is 0. The van der Waals surface area contributed by atoms with Crippen molar-refractivity contribution in [2.24, 2.45) is 0 Å². The third kappa shape index (κ3) is 3.42. The van der Waals surface area contributed by atoms with Gasteiger partial charge in [-0.25, -0.2) is 4.39 Å². The third-order valence-corrected chi connectivity index (χ3v) is 2.54. The summed E-state index contributed by atoms with van der Waals surface area (Å²) in [6.45, 7) is 8.15. The van der Waals surface area contributed by atoms with E-state index in [0.717, 1.165) is 5.56 Å². The van der Waals surface area contributed by atoms with Gasteiger partial charge in [-0.15, -0.1) is 0 Å². The summed E-state index contributed by atoms with van der Waals surface area (Å²) < 4.78 is 12.8. The summed E-state index contributed by atoms with van der Waals surface area (Å²) in [6.07, 6.45) is 0. The van der Waals surface area contributed by atoms with Crippen LogP contribution >= 0.6 is 0 Å². The first-order valence-corrected chi connectivity index (χ1v) is 6.00. The van der Waals surface area contributed by atoms with E-state index in [0.29, 0.717) is 0 Å². The van der Waals surface area contributed by atoms with E-state index in [1.807, 2.05) is 26.0 Å². The Kier molecular flexibility index (Phi) is 4.89. The van der Waals surface area contributed by atoms with Crippen LogP contribution in [-0.2, 0) is 0 Å². The predicted octanol–water partition coefficient (Wildman–Crippen LogP) is 5.14. The third-order valence-electron chi connectivity index (χ3n) is 2.54. The summed E-state index contributed by atoms with van der Waals surface area (Å²) in [4.78, 5) is 0. The molecule has 2 aromatic rings. The van der Waals surface area contributed by atoms with Gasteiger partial charge in [-0.1, -0.05) is 49.7 Å². The molecule has 0 aliphatic heterocycles. The monoisotopic (exact) mass is 230 g/mol. The lowest BCUT2D eigenvalue weighted by Crippen LogP contribution is -1.84. The van der Waals surface area contributed by atoms with Crippen LogP contribution in [0.4, 0.5) is 4.39 Å². The van der Waals surface area contributed by atoms with Crippen molar-refractivity contribution in [1.29, 1.82) is 0 Å². The molecule has 1 heteroatoms. The molecule has 17 heavy (non-hydrogen) atoms. The van der Waals surface area contributed by atoms with Crippen molar-refractivity contribution in [2.75, 3.05) is 0 Å². The maximum atomic E-state index is 12.8. The summed E-state index contributed by atoms with van der Waals surface area (Å²) in [5, 5.41) is 0. The van der Waals surface area contributed by atoms with Crippen molar-refractivity contribution < 1.29 is 4.39 Å². The van der Waals surface area contributed by atoms with Crippen LogP contribution < -0.4 is 0 Å². The number of hydrogen-bond acceptors (Lipinski definition) is 0. The zero-order chi connectivity index (χ0) is 12.8. The molecule has 0 atom stereocenters. The lowest BCUT2D eigenvalue weighted by Gasteiger charge is -2.06. The highest BCUT2D eigenvalue weighted by molar-refractivity contribution is 5.67. The molecule has 0 aromatic heterocycles. The zero-order valence-electron chi connectivity index (χ0n) is 10.9. The largest absolute Gasteiger partial charge is 0.207 e. The first-order chi connectivity index (χ1) is 8.16. The van der Waals surface area contributed by atoms with E-state index in [1.54, 1.807) is 0 Å². The molecular weight excluding hydrogens is 211 g/mol. The van der Waals surface area contributed by atoms with Crippen LogP contribution in [0.1, 0.15) is 25.0 Å². The molecule has 0 radical (unpaired) electrons. The van der Waals surface area contributed by atoms with Gasteiger partial charge in [0.15, 0.2) is 0 Å². The van der Waals surface area contributed by atoms with Gasteiger partial charge in [0, 0.05) is 0 Å². The summed E-state index contributed by atoms with van der Waals surface area (Å²) in [6, 6.07) is 12.9. The standard InChI is InChI=1S/C14H13F.C2H6/c1-10-3-8-14(11(2)9-10)12-4-6-13(15)7-5-12;1-2/h3-9H,1-2H3;1-2H3. The average molecular weight is 230 g/mol. The SMILES string of the molecule is CC.Cc1ccc(-c2ccc(F)cc2)c(C)c1. The van der Waals surface area contributed by atoms with E-state index >= 15 is 0 Å². The first kappa shape index (κ1) is 13.4. The van der Waals surface area contributed by atoms with Crippen LogP contribution in [0.25, 0.3) is 11.1 Å². The molecule has 0 aliphatic rings. The Bertz CT molecular complexity index is 469. The molecule has 0 unspecified atom stereocenters. The molecule has 0 saturated heterocycles. The van der Waals surface area contributed by atoms with Crippen LogP contribution in [0.2, 0.25) is 0 Å². The lowest BCUT2D eigenvalue weighted by atomic mass is 9.99. The maximum absolute atomic E-state index is 12.8. The Morgan fingerprint density at radius 2 is 1.41 bits per heavy atom. The molecule has 90 valence electrons. The van der Waals surface area contributed by atoms with Crippen molar-refractivity contribution >= 4 is 0 Å².